The first-order valence-corrected chi connectivity index (χ1v) is 7.98. The molecule has 0 aliphatic heterocycles. The topological polar surface area (TPSA) is 75.3 Å². The standard InChI is InChI=1S/C13H20N2O3S/c1-4-19(17,18)8-7-15-13(16)11-5-6-12(14-3)10(2)9-11/h5-6,9,14H,4,7-8H2,1-3H3,(H,15,16). The zero-order valence-electron chi connectivity index (χ0n) is 11.5. The monoisotopic (exact) mass is 284 g/mol. The molecule has 0 atom stereocenters. The second-order valence-corrected chi connectivity index (χ2v) is 6.74. The summed E-state index contributed by atoms with van der Waals surface area (Å²) in [6.07, 6.45) is 0. The third-order valence-corrected chi connectivity index (χ3v) is 4.60. The van der Waals surface area contributed by atoms with E-state index in [9.17, 15) is 13.2 Å². The van der Waals surface area contributed by atoms with E-state index in [0.717, 1.165) is 11.3 Å². The number of sulfone groups is 1. The summed E-state index contributed by atoms with van der Waals surface area (Å²) in [5.41, 5.74) is 2.46. The van der Waals surface area contributed by atoms with Gasteiger partial charge in [0.05, 0.1) is 5.75 Å². The van der Waals surface area contributed by atoms with Gasteiger partial charge < -0.3 is 10.6 Å². The molecule has 0 aliphatic rings. The molecule has 0 aliphatic carbocycles. The van der Waals surface area contributed by atoms with Crippen LogP contribution in [0.2, 0.25) is 0 Å². The molecule has 2 N–H and O–H groups in total. The number of carbonyl (C=O) groups excluding carboxylic acids is 1. The van der Waals surface area contributed by atoms with E-state index in [1.54, 1.807) is 19.1 Å². The second kappa shape index (κ2) is 6.56. The highest BCUT2D eigenvalue weighted by Gasteiger charge is 2.10. The molecule has 0 spiro atoms. The molecule has 19 heavy (non-hydrogen) atoms. The number of carbonyl (C=O) groups is 1. The summed E-state index contributed by atoms with van der Waals surface area (Å²) in [5, 5.41) is 5.64. The first-order chi connectivity index (χ1) is 8.89. The molecule has 0 unspecified atom stereocenters. The van der Waals surface area contributed by atoms with Crippen LogP contribution in [0, 0.1) is 6.92 Å². The van der Waals surface area contributed by atoms with Gasteiger partial charge >= 0.3 is 0 Å². The van der Waals surface area contributed by atoms with Crippen molar-refractivity contribution in [2.75, 3.05) is 30.4 Å². The van der Waals surface area contributed by atoms with E-state index in [0.29, 0.717) is 5.56 Å². The summed E-state index contributed by atoms with van der Waals surface area (Å²) in [7, 11) is -1.22. The molecule has 0 bridgehead atoms. The summed E-state index contributed by atoms with van der Waals surface area (Å²) in [4.78, 5) is 11.8. The van der Waals surface area contributed by atoms with Gasteiger partial charge in [0.25, 0.3) is 5.91 Å². The van der Waals surface area contributed by atoms with E-state index in [4.69, 9.17) is 0 Å². The average molecular weight is 284 g/mol. The summed E-state index contributed by atoms with van der Waals surface area (Å²) in [6, 6.07) is 5.31. The van der Waals surface area contributed by atoms with Gasteiger partial charge in [0.15, 0.2) is 9.84 Å². The van der Waals surface area contributed by atoms with Gasteiger partial charge in [-0.15, -0.1) is 0 Å². The maximum absolute atomic E-state index is 11.8. The van der Waals surface area contributed by atoms with Crippen LogP contribution < -0.4 is 10.6 Å². The molecule has 0 fully saturated rings. The Morgan fingerprint density at radius 1 is 1.32 bits per heavy atom. The van der Waals surface area contributed by atoms with Gasteiger partial charge in [-0.2, -0.15) is 0 Å². The maximum atomic E-state index is 11.8. The minimum atomic E-state index is -3.04. The van der Waals surface area contributed by atoms with Crippen LogP contribution in [0.15, 0.2) is 18.2 Å². The van der Waals surface area contributed by atoms with Crippen LogP contribution >= 0.6 is 0 Å². The van der Waals surface area contributed by atoms with E-state index in [1.807, 2.05) is 20.0 Å². The Morgan fingerprint density at radius 2 is 2.00 bits per heavy atom. The van der Waals surface area contributed by atoms with Gasteiger partial charge in [-0.1, -0.05) is 6.92 Å². The number of aryl methyl sites for hydroxylation is 1. The Bertz CT molecular complexity index is 553. The molecule has 1 rings (SSSR count). The number of rotatable bonds is 6. The molecule has 6 heteroatoms. The molecule has 1 amide bonds. The van der Waals surface area contributed by atoms with Crippen LogP contribution in [0.4, 0.5) is 5.69 Å². The quantitative estimate of drug-likeness (QED) is 0.823. The fourth-order valence-electron chi connectivity index (χ4n) is 1.65. The highest BCUT2D eigenvalue weighted by Crippen LogP contribution is 2.15. The molecule has 106 valence electrons. The fourth-order valence-corrected chi connectivity index (χ4v) is 2.35. The van der Waals surface area contributed by atoms with Crippen LogP contribution in [0.25, 0.3) is 0 Å². The van der Waals surface area contributed by atoms with Crippen LogP contribution in [0.1, 0.15) is 22.8 Å². The van der Waals surface area contributed by atoms with Gasteiger partial charge in [-0.25, -0.2) is 8.42 Å². The SMILES string of the molecule is CCS(=O)(=O)CCNC(=O)c1ccc(NC)c(C)c1. The highest BCUT2D eigenvalue weighted by atomic mass is 32.2. The number of hydrogen-bond donors (Lipinski definition) is 2. The third kappa shape index (κ3) is 4.55. The van der Waals surface area contributed by atoms with E-state index in [-0.39, 0.29) is 24.0 Å². The lowest BCUT2D eigenvalue weighted by Crippen LogP contribution is -2.29. The number of nitrogens with one attached hydrogen (secondary N) is 2. The van der Waals surface area contributed by atoms with Crippen molar-refractivity contribution in [2.24, 2.45) is 0 Å². The van der Waals surface area contributed by atoms with E-state index < -0.39 is 9.84 Å². The molecule has 0 aromatic heterocycles. The minimum Gasteiger partial charge on any atom is -0.388 e. The Hall–Kier alpha value is -1.56. The predicted octanol–water partition coefficient (Wildman–Crippen LogP) is 1.20. The Kier molecular flexibility index (Phi) is 5.35. The molecule has 0 radical (unpaired) electrons. The van der Waals surface area contributed by atoms with Crippen molar-refractivity contribution in [3.8, 4) is 0 Å². The average Bonchev–Trinajstić information content (AvgIpc) is 2.38. The lowest BCUT2D eigenvalue weighted by Gasteiger charge is -2.09. The van der Waals surface area contributed by atoms with Crippen LogP contribution in [-0.2, 0) is 9.84 Å². The summed E-state index contributed by atoms with van der Waals surface area (Å²) in [6.45, 7) is 3.64. The molecule has 1 aromatic carbocycles. The molecular weight excluding hydrogens is 264 g/mol. The minimum absolute atomic E-state index is 0.0250. The van der Waals surface area contributed by atoms with Crippen molar-refractivity contribution in [1.29, 1.82) is 0 Å². The maximum Gasteiger partial charge on any atom is 0.251 e. The second-order valence-electron chi connectivity index (χ2n) is 4.27. The highest BCUT2D eigenvalue weighted by molar-refractivity contribution is 7.91. The van der Waals surface area contributed by atoms with Gasteiger partial charge in [0, 0.05) is 30.6 Å². The van der Waals surface area contributed by atoms with Crippen LogP contribution in [-0.4, -0.2) is 39.4 Å². The van der Waals surface area contributed by atoms with Crippen molar-refractivity contribution >= 4 is 21.4 Å². The molecule has 0 heterocycles. The Balaban J connectivity index is 2.62. The first-order valence-electron chi connectivity index (χ1n) is 6.16. The van der Waals surface area contributed by atoms with Crippen molar-refractivity contribution in [2.45, 2.75) is 13.8 Å². The molecule has 1 aromatic rings. The van der Waals surface area contributed by atoms with Gasteiger partial charge in [-0.3, -0.25) is 4.79 Å². The van der Waals surface area contributed by atoms with E-state index >= 15 is 0 Å². The predicted molar refractivity (Wildman–Crippen MR) is 77.4 cm³/mol. The number of benzene rings is 1. The molecule has 5 nitrogen and oxygen atoms in total. The molecule has 0 saturated heterocycles. The summed E-state index contributed by atoms with van der Waals surface area (Å²) >= 11 is 0. The summed E-state index contributed by atoms with van der Waals surface area (Å²) < 4.78 is 22.6. The lowest BCUT2D eigenvalue weighted by molar-refractivity contribution is 0.0956. The van der Waals surface area contributed by atoms with Crippen molar-refractivity contribution in [1.82, 2.24) is 5.32 Å². The third-order valence-electron chi connectivity index (χ3n) is 2.90. The van der Waals surface area contributed by atoms with E-state index in [1.165, 1.54) is 0 Å². The lowest BCUT2D eigenvalue weighted by atomic mass is 10.1. The zero-order chi connectivity index (χ0) is 14.5. The van der Waals surface area contributed by atoms with E-state index in [2.05, 4.69) is 10.6 Å². The number of anilines is 1. The Morgan fingerprint density at radius 3 is 2.53 bits per heavy atom. The largest absolute Gasteiger partial charge is 0.388 e. The number of hydrogen-bond acceptors (Lipinski definition) is 4. The van der Waals surface area contributed by atoms with Gasteiger partial charge in [0.1, 0.15) is 0 Å². The molecule has 0 saturated carbocycles. The van der Waals surface area contributed by atoms with Gasteiger partial charge in [-0.05, 0) is 30.7 Å². The van der Waals surface area contributed by atoms with Crippen molar-refractivity contribution in [3.63, 3.8) is 0 Å². The summed E-state index contributed by atoms with van der Waals surface area (Å²) in [5.74, 6) is -0.182. The van der Waals surface area contributed by atoms with Gasteiger partial charge in [0.2, 0.25) is 0 Å². The van der Waals surface area contributed by atoms with Crippen molar-refractivity contribution < 1.29 is 13.2 Å². The van der Waals surface area contributed by atoms with Crippen LogP contribution in [0.3, 0.4) is 0 Å². The Labute approximate surface area is 114 Å². The zero-order valence-corrected chi connectivity index (χ0v) is 12.3. The smallest absolute Gasteiger partial charge is 0.251 e. The molecular formula is C13H20N2O3S. The normalized spacial score (nSPS) is 11.1. The number of amides is 1. The first kappa shape index (κ1) is 15.5. The van der Waals surface area contributed by atoms with Crippen LogP contribution in [0.5, 0.6) is 0 Å². The van der Waals surface area contributed by atoms with Crippen molar-refractivity contribution in [3.05, 3.63) is 29.3 Å². The fraction of sp³-hybridized carbons (Fsp3) is 0.462.